The predicted octanol–water partition coefficient (Wildman–Crippen LogP) is 4.77. The Hall–Kier alpha value is -2.96. The summed E-state index contributed by atoms with van der Waals surface area (Å²) in [5.74, 6) is -0.321. The van der Waals surface area contributed by atoms with Gasteiger partial charge in [-0.2, -0.15) is 0 Å². The van der Waals surface area contributed by atoms with Gasteiger partial charge in [0.05, 0.1) is 0 Å². The fourth-order valence-corrected chi connectivity index (χ4v) is 4.16. The fraction of sp³-hybridized carbons (Fsp3) is 0.417. The maximum absolute atomic E-state index is 13.3. The molecule has 5 nitrogen and oxygen atoms in total. The summed E-state index contributed by atoms with van der Waals surface area (Å²) >= 11 is 0. The van der Waals surface area contributed by atoms with Gasteiger partial charge in [-0.05, 0) is 60.6 Å². The van der Waals surface area contributed by atoms with Crippen molar-refractivity contribution in [3.8, 4) is 0 Å². The minimum absolute atomic E-state index is 0.00885. The van der Waals surface area contributed by atoms with Gasteiger partial charge in [0.2, 0.25) is 5.91 Å². The fourth-order valence-electron chi connectivity index (χ4n) is 4.16. The molecule has 1 fully saturated rings. The van der Waals surface area contributed by atoms with Crippen LogP contribution in [0.4, 0.5) is 13.6 Å². The van der Waals surface area contributed by atoms with Crippen LogP contribution >= 0.6 is 0 Å². The zero-order valence-corrected chi connectivity index (χ0v) is 17.4. The highest BCUT2D eigenvalue weighted by Crippen LogP contribution is 2.30. The molecule has 31 heavy (non-hydrogen) atoms. The molecule has 3 rings (SSSR count). The van der Waals surface area contributed by atoms with Gasteiger partial charge in [-0.1, -0.05) is 30.7 Å². The summed E-state index contributed by atoms with van der Waals surface area (Å²) in [5, 5.41) is 11.1. The van der Waals surface area contributed by atoms with Crippen molar-refractivity contribution in [3.05, 3.63) is 71.3 Å². The Kier molecular flexibility index (Phi) is 7.98. The number of carbonyl (C=O) groups excluding carboxylic acids is 1. The molecule has 0 saturated carbocycles. The van der Waals surface area contributed by atoms with Gasteiger partial charge in [0.15, 0.2) is 0 Å². The number of rotatable bonds is 9. The third-order valence-electron chi connectivity index (χ3n) is 5.86. The van der Waals surface area contributed by atoms with Crippen LogP contribution in [-0.2, 0) is 4.79 Å². The van der Waals surface area contributed by atoms with Gasteiger partial charge in [-0.25, -0.2) is 13.6 Å². The topological polar surface area (TPSA) is 69.6 Å². The number of unbranched alkanes of at least 4 members (excludes halogenated alkanes) is 1. The quantitative estimate of drug-likeness (QED) is 0.563. The minimum atomic E-state index is -1.04. The first-order valence-electron chi connectivity index (χ1n) is 10.7. The van der Waals surface area contributed by atoms with E-state index < -0.39 is 6.09 Å². The summed E-state index contributed by atoms with van der Waals surface area (Å²) in [7, 11) is 0. The van der Waals surface area contributed by atoms with E-state index in [4.69, 9.17) is 5.11 Å². The third-order valence-corrected chi connectivity index (χ3v) is 5.86. The van der Waals surface area contributed by atoms with Crippen molar-refractivity contribution >= 4 is 12.0 Å². The summed E-state index contributed by atoms with van der Waals surface area (Å²) < 4.78 is 26.7. The van der Waals surface area contributed by atoms with Gasteiger partial charge in [-0.15, -0.1) is 0 Å². The van der Waals surface area contributed by atoms with E-state index >= 15 is 0 Å². The van der Waals surface area contributed by atoms with E-state index in [1.165, 1.54) is 24.3 Å². The van der Waals surface area contributed by atoms with Crippen LogP contribution in [0.1, 0.15) is 49.1 Å². The maximum Gasteiger partial charge on any atom is 0.404 e. The zero-order valence-electron chi connectivity index (χ0n) is 17.4. The number of hydrogen-bond donors (Lipinski definition) is 2. The van der Waals surface area contributed by atoms with Crippen LogP contribution < -0.4 is 5.32 Å². The molecule has 0 aromatic heterocycles. The van der Waals surface area contributed by atoms with Crippen LogP contribution in [0.2, 0.25) is 0 Å². The molecular formula is C24H28F2N2O3. The highest BCUT2D eigenvalue weighted by atomic mass is 19.1. The van der Waals surface area contributed by atoms with Gasteiger partial charge in [0.25, 0.3) is 0 Å². The molecule has 1 atom stereocenters. The van der Waals surface area contributed by atoms with Gasteiger partial charge >= 0.3 is 6.09 Å². The average molecular weight is 430 g/mol. The molecule has 1 saturated heterocycles. The van der Waals surface area contributed by atoms with Crippen LogP contribution in [0.25, 0.3) is 0 Å². The molecule has 1 aliphatic rings. The monoisotopic (exact) mass is 430 g/mol. The molecule has 0 radical (unpaired) electrons. The highest BCUT2D eigenvalue weighted by molar-refractivity contribution is 5.76. The molecule has 0 aliphatic carbocycles. The molecule has 0 bridgehead atoms. The smallest absolute Gasteiger partial charge is 0.404 e. The standard InChI is InChI=1S/C24H28F2N2O3/c25-20-9-5-18(6-10-20)22(19-7-11-21(26)12-8-19)3-1-2-4-23(29)28-14-13-17(16-28)15-27-24(30)31/h5-12,17,22,27H,1-4,13-16H2,(H,30,31). The van der Waals surface area contributed by atoms with Crippen molar-refractivity contribution in [2.75, 3.05) is 19.6 Å². The second-order valence-electron chi connectivity index (χ2n) is 8.08. The summed E-state index contributed by atoms with van der Waals surface area (Å²) in [5.41, 5.74) is 1.93. The Morgan fingerprint density at radius 1 is 1.00 bits per heavy atom. The van der Waals surface area contributed by atoms with Crippen LogP contribution in [-0.4, -0.2) is 41.6 Å². The van der Waals surface area contributed by atoms with Gasteiger partial charge in [0, 0.05) is 32.0 Å². The van der Waals surface area contributed by atoms with E-state index in [9.17, 15) is 18.4 Å². The van der Waals surface area contributed by atoms with E-state index in [-0.39, 0.29) is 29.4 Å². The van der Waals surface area contributed by atoms with E-state index in [1.54, 1.807) is 24.3 Å². The maximum atomic E-state index is 13.3. The molecule has 1 unspecified atom stereocenters. The van der Waals surface area contributed by atoms with E-state index in [0.717, 1.165) is 36.8 Å². The number of nitrogens with one attached hydrogen (secondary N) is 1. The van der Waals surface area contributed by atoms with Crippen molar-refractivity contribution in [1.82, 2.24) is 10.2 Å². The van der Waals surface area contributed by atoms with Crippen LogP contribution in [0.15, 0.2) is 48.5 Å². The van der Waals surface area contributed by atoms with Crippen LogP contribution in [0.5, 0.6) is 0 Å². The summed E-state index contributed by atoms with van der Waals surface area (Å²) in [6.07, 6.45) is 2.52. The number of amides is 2. The second-order valence-corrected chi connectivity index (χ2v) is 8.08. The Morgan fingerprint density at radius 2 is 1.58 bits per heavy atom. The van der Waals surface area contributed by atoms with Gasteiger partial charge in [-0.3, -0.25) is 4.79 Å². The first kappa shape index (κ1) is 22.7. The number of likely N-dealkylation sites (tertiary alicyclic amines) is 1. The number of carbonyl (C=O) groups is 2. The number of carboxylic acid groups (broad SMARTS) is 1. The lowest BCUT2D eigenvalue weighted by atomic mass is 9.87. The largest absolute Gasteiger partial charge is 0.465 e. The average Bonchev–Trinajstić information content (AvgIpc) is 3.23. The van der Waals surface area contributed by atoms with E-state index in [1.807, 2.05) is 4.90 Å². The lowest BCUT2D eigenvalue weighted by Crippen LogP contribution is -2.32. The molecule has 1 aliphatic heterocycles. The molecule has 0 spiro atoms. The zero-order chi connectivity index (χ0) is 22.2. The molecule has 1 heterocycles. The summed E-state index contributed by atoms with van der Waals surface area (Å²) in [6, 6.07) is 12.7. The predicted molar refractivity (Wildman–Crippen MR) is 114 cm³/mol. The van der Waals surface area contributed by atoms with Crippen LogP contribution in [0, 0.1) is 17.6 Å². The summed E-state index contributed by atoms with van der Waals surface area (Å²) in [6.45, 7) is 1.63. The normalized spacial score (nSPS) is 16.0. The number of halogens is 2. The Labute approximate surface area is 181 Å². The number of hydrogen-bond acceptors (Lipinski definition) is 2. The van der Waals surface area contributed by atoms with Crippen LogP contribution in [0.3, 0.4) is 0 Å². The SMILES string of the molecule is O=C(O)NCC1CCN(C(=O)CCCCC(c2ccc(F)cc2)c2ccc(F)cc2)C1. The van der Waals surface area contributed by atoms with Crippen molar-refractivity contribution in [3.63, 3.8) is 0 Å². The summed E-state index contributed by atoms with van der Waals surface area (Å²) in [4.78, 5) is 24.9. The Balaban J connectivity index is 1.50. The Bertz CT molecular complexity index is 826. The third kappa shape index (κ3) is 6.77. The molecule has 7 heteroatoms. The Morgan fingerprint density at radius 3 is 2.13 bits per heavy atom. The molecule has 2 N–H and O–H groups in total. The first-order valence-corrected chi connectivity index (χ1v) is 10.7. The number of benzene rings is 2. The van der Waals surface area contributed by atoms with E-state index in [0.29, 0.717) is 26.1 Å². The first-order chi connectivity index (χ1) is 14.9. The van der Waals surface area contributed by atoms with E-state index in [2.05, 4.69) is 5.32 Å². The van der Waals surface area contributed by atoms with Crippen molar-refractivity contribution in [1.29, 1.82) is 0 Å². The number of nitrogens with zero attached hydrogens (tertiary/aromatic N) is 1. The highest BCUT2D eigenvalue weighted by Gasteiger charge is 2.26. The molecule has 166 valence electrons. The lowest BCUT2D eigenvalue weighted by Gasteiger charge is -2.19. The van der Waals surface area contributed by atoms with Crippen molar-refractivity contribution in [2.24, 2.45) is 5.92 Å². The van der Waals surface area contributed by atoms with Crippen molar-refractivity contribution < 1.29 is 23.5 Å². The van der Waals surface area contributed by atoms with Gasteiger partial charge < -0.3 is 15.3 Å². The molecule has 2 amide bonds. The molecular weight excluding hydrogens is 402 g/mol. The minimum Gasteiger partial charge on any atom is -0.465 e. The lowest BCUT2D eigenvalue weighted by molar-refractivity contribution is -0.130. The van der Waals surface area contributed by atoms with Gasteiger partial charge in [0.1, 0.15) is 11.6 Å². The van der Waals surface area contributed by atoms with Crippen molar-refractivity contribution in [2.45, 2.75) is 38.0 Å². The second kappa shape index (κ2) is 10.9. The molecule has 2 aromatic carbocycles. The molecule has 2 aromatic rings.